The Labute approximate surface area is 128 Å². The summed E-state index contributed by atoms with van der Waals surface area (Å²) >= 11 is 11.5. The zero-order valence-electron chi connectivity index (χ0n) is 10.2. The highest BCUT2D eigenvalue weighted by atomic mass is 35.5. The smallest absolute Gasteiger partial charge is 0.326 e. The number of ether oxygens (including phenoxy) is 1. The van der Waals surface area contributed by atoms with Gasteiger partial charge in [0.05, 0.1) is 0 Å². The first-order chi connectivity index (χ1) is 8.49. The van der Waals surface area contributed by atoms with Crippen molar-refractivity contribution in [1.82, 2.24) is 4.98 Å². The molecule has 0 aromatic carbocycles. The summed E-state index contributed by atoms with van der Waals surface area (Å²) in [6, 6.07) is 3.22. The molecule has 0 saturated heterocycles. The molecule has 7 heteroatoms. The zero-order chi connectivity index (χ0) is 13.2. The van der Waals surface area contributed by atoms with Crippen molar-refractivity contribution in [2.75, 3.05) is 0 Å². The van der Waals surface area contributed by atoms with Crippen molar-refractivity contribution >= 4 is 41.6 Å². The van der Waals surface area contributed by atoms with Crippen LogP contribution in [-0.2, 0) is 16.1 Å². The van der Waals surface area contributed by atoms with Gasteiger partial charge < -0.3 is 10.5 Å². The van der Waals surface area contributed by atoms with E-state index < -0.39 is 5.54 Å². The molecule has 0 atom stereocenters. The summed E-state index contributed by atoms with van der Waals surface area (Å²) in [4.78, 5) is 15.7. The van der Waals surface area contributed by atoms with Crippen LogP contribution in [0.3, 0.4) is 0 Å². The van der Waals surface area contributed by atoms with E-state index in [2.05, 4.69) is 4.98 Å². The van der Waals surface area contributed by atoms with E-state index in [4.69, 9.17) is 33.7 Å². The van der Waals surface area contributed by atoms with Crippen LogP contribution in [0.15, 0.2) is 12.1 Å². The fourth-order valence-electron chi connectivity index (χ4n) is 2.10. The molecule has 19 heavy (non-hydrogen) atoms. The molecule has 0 spiro atoms. The van der Waals surface area contributed by atoms with Gasteiger partial charge in [-0.1, -0.05) is 36.0 Å². The summed E-state index contributed by atoms with van der Waals surface area (Å²) in [5, 5.41) is 0.550. The molecule has 0 amide bonds. The second-order valence-corrected chi connectivity index (χ2v) is 5.33. The topological polar surface area (TPSA) is 65.2 Å². The number of rotatable bonds is 3. The fraction of sp³-hybridized carbons (Fsp3) is 0.500. The highest BCUT2D eigenvalue weighted by molar-refractivity contribution is 6.32. The van der Waals surface area contributed by atoms with Crippen LogP contribution in [0, 0.1) is 0 Å². The predicted octanol–water partition coefficient (Wildman–Crippen LogP) is 3.12. The van der Waals surface area contributed by atoms with Crippen molar-refractivity contribution < 1.29 is 9.53 Å². The van der Waals surface area contributed by atoms with Crippen LogP contribution in [0.25, 0.3) is 0 Å². The molecule has 4 nitrogen and oxygen atoms in total. The minimum Gasteiger partial charge on any atom is -0.459 e. The third-order valence-electron chi connectivity index (χ3n) is 3.09. The van der Waals surface area contributed by atoms with Crippen LogP contribution < -0.4 is 5.73 Å². The maximum Gasteiger partial charge on any atom is 0.326 e. The van der Waals surface area contributed by atoms with Gasteiger partial charge in [0.1, 0.15) is 22.5 Å². The highest BCUT2D eigenvalue weighted by Gasteiger charge is 2.38. The molecule has 1 aliphatic carbocycles. The molecular weight excluding hydrogens is 311 g/mol. The highest BCUT2D eigenvalue weighted by Crippen LogP contribution is 2.28. The summed E-state index contributed by atoms with van der Waals surface area (Å²) in [6.45, 7) is 0.111. The maximum atomic E-state index is 11.9. The second-order valence-electron chi connectivity index (χ2n) is 4.56. The Morgan fingerprint density at radius 3 is 2.37 bits per heavy atom. The lowest BCUT2D eigenvalue weighted by atomic mass is 10.00. The Kier molecular flexibility index (Phi) is 5.86. The molecule has 1 aromatic heterocycles. The minimum absolute atomic E-state index is 0. The van der Waals surface area contributed by atoms with Gasteiger partial charge >= 0.3 is 5.97 Å². The molecule has 2 rings (SSSR count). The van der Waals surface area contributed by atoms with E-state index in [1.54, 1.807) is 12.1 Å². The van der Waals surface area contributed by atoms with Gasteiger partial charge in [-0.05, 0) is 30.5 Å². The number of carbonyl (C=O) groups excluding carboxylic acids is 1. The average molecular weight is 326 g/mol. The quantitative estimate of drug-likeness (QED) is 0.685. The van der Waals surface area contributed by atoms with Crippen LogP contribution in [-0.4, -0.2) is 16.5 Å². The molecule has 0 radical (unpaired) electrons. The molecule has 1 aromatic rings. The van der Waals surface area contributed by atoms with Crippen molar-refractivity contribution in [2.45, 2.75) is 37.8 Å². The molecule has 0 bridgehead atoms. The molecular formula is C12H15Cl3N2O2. The van der Waals surface area contributed by atoms with E-state index in [-0.39, 0.29) is 35.3 Å². The number of hydrogen-bond acceptors (Lipinski definition) is 4. The van der Waals surface area contributed by atoms with E-state index in [9.17, 15) is 4.79 Å². The van der Waals surface area contributed by atoms with Crippen molar-refractivity contribution in [3.05, 3.63) is 28.0 Å². The maximum absolute atomic E-state index is 11.9. The Hall–Kier alpha value is -0.550. The zero-order valence-corrected chi connectivity index (χ0v) is 12.5. The van der Waals surface area contributed by atoms with Crippen molar-refractivity contribution in [2.24, 2.45) is 5.73 Å². The number of halogens is 3. The normalized spacial score (nSPS) is 16.8. The monoisotopic (exact) mass is 324 g/mol. The van der Waals surface area contributed by atoms with Gasteiger partial charge in [0.25, 0.3) is 0 Å². The van der Waals surface area contributed by atoms with E-state index in [1.165, 1.54) is 0 Å². The standard InChI is InChI=1S/C12H14Cl2N2O2.ClH/c13-9-5-8(6-10(14)16-9)7-18-11(17)12(15)3-1-2-4-12;/h5-6H,1-4,7,15H2;1H. The summed E-state index contributed by atoms with van der Waals surface area (Å²) in [5.41, 5.74) is 5.87. The Bertz CT molecular complexity index is 442. The predicted molar refractivity (Wildman–Crippen MR) is 76.7 cm³/mol. The molecule has 1 saturated carbocycles. The van der Waals surface area contributed by atoms with Crippen molar-refractivity contribution in [1.29, 1.82) is 0 Å². The van der Waals surface area contributed by atoms with Crippen LogP contribution in [0.4, 0.5) is 0 Å². The van der Waals surface area contributed by atoms with E-state index in [1.807, 2.05) is 0 Å². The van der Waals surface area contributed by atoms with Crippen LogP contribution in [0.2, 0.25) is 10.3 Å². The summed E-state index contributed by atoms with van der Waals surface area (Å²) in [5.74, 6) is -0.357. The Balaban J connectivity index is 0.00000180. The van der Waals surface area contributed by atoms with Crippen molar-refractivity contribution in [3.8, 4) is 0 Å². The average Bonchev–Trinajstić information content (AvgIpc) is 2.73. The number of carbonyl (C=O) groups is 1. The van der Waals surface area contributed by atoms with Gasteiger partial charge in [0.15, 0.2) is 0 Å². The number of nitrogens with zero attached hydrogens (tertiary/aromatic N) is 1. The lowest BCUT2D eigenvalue weighted by molar-refractivity contribution is -0.151. The van der Waals surface area contributed by atoms with E-state index >= 15 is 0 Å². The van der Waals surface area contributed by atoms with Gasteiger partial charge in [-0.2, -0.15) is 0 Å². The van der Waals surface area contributed by atoms with Gasteiger partial charge in [-0.15, -0.1) is 12.4 Å². The lowest BCUT2D eigenvalue weighted by Crippen LogP contribution is -2.46. The van der Waals surface area contributed by atoms with Gasteiger partial charge in [-0.25, -0.2) is 4.98 Å². The minimum atomic E-state index is -0.819. The number of esters is 1. The number of aromatic nitrogens is 1. The lowest BCUT2D eigenvalue weighted by Gasteiger charge is -2.21. The SMILES string of the molecule is Cl.NC1(C(=O)OCc2cc(Cl)nc(Cl)c2)CCCC1. The van der Waals surface area contributed by atoms with E-state index in [0.29, 0.717) is 18.4 Å². The first-order valence-electron chi connectivity index (χ1n) is 5.78. The van der Waals surface area contributed by atoms with Crippen LogP contribution in [0.1, 0.15) is 31.2 Å². The summed E-state index contributed by atoms with van der Waals surface area (Å²) < 4.78 is 5.22. The van der Waals surface area contributed by atoms with Crippen molar-refractivity contribution in [3.63, 3.8) is 0 Å². The third kappa shape index (κ3) is 4.21. The largest absolute Gasteiger partial charge is 0.459 e. The number of pyridine rings is 1. The van der Waals surface area contributed by atoms with Crippen LogP contribution in [0.5, 0.6) is 0 Å². The summed E-state index contributed by atoms with van der Waals surface area (Å²) in [6.07, 6.45) is 3.31. The molecule has 106 valence electrons. The molecule has 2 N–H and O–H groups in total. The van der Waals surface area contributed by atoms with Gasteiger partial charge in [0.2, 0.25) is 0 Å². The summed E-state index contributed by atoms with van der Waals surface area (Å²) in [7, 11) is 0. The van der Waals surface area contributed by atoms with Gasteiger partial charge in [-0.3, -0.25) is 4.79 Å². The Morgan fingerprint density at radius 2 is 1.84 bits per heavy atom. The number of hydrogen-bond donors (Lipinski definition) is 1. The molecule has 1 heterocycles. The molecule has 0 aliphatic heterocycles. The second kappa shape index (κ2) is 6.75. The number of nitrogens with two attached hydrogens (primary N) is 1. The first kappa shape index (κ1) is 16.5. The Morgan fingerprint density at radius 1 is 1.32 bits per heavy atom. The molecule has 0 unspecified atom stereocenters. The fourth-order valence-corrected chi connectivity index (χ4v) is 2.61. The molecule has 1 aliphatic rings. The van der Waals surface area contributed by atoms with E-state index in [0.717, 1.165) is 12.8 Å². The van der Waals surface area contributed by atoms with Gasteiger partial charge in [0, 0.05) is 0 Å². The van der Waals surface area contributed by atoms with Crippen LogP contribution >= 0.6 is 35.6 Å². The first-order valence-corrected chi connectivity index (χ1v) is 6.53. The third-order valence-corrected chi connectivity index (χ3v) is 3.48. The molecule has 1 fully saturated rings.